The summed E-state index contributed by atoms with van der Waals surface area (Å²) in [4.78, 5) is 33.6. The number of aromatic nitrogens is 1. The van der Waals surface area contributed by atoms with E-state index in [1.165, 1.54) is 0 Å². The summed E-state index contributed by atoms with van der Waals surface area (Å²) < 4.78 is 1.12. The highest BCUT2D eigenvalue weighted by molar-refractivity contribution is 7.18. The van der Waals surface area contributed by atoms with Crippen LogP contribution in [0.1, 0.15) is 38.1 Å². The molecule has 0 spiro atoms. The summed E-state index contributed by atoms with van der Waals surface area (Å²) in [7, 11) is 0. The Bertz CT molecular complexity index is 831. The Morgan fingerprint density at radius 2 is 2.11 bits per heavy atom. The average molecular weight is 403 g/mol. The van der Waals surface area contributed by atoms with Crippen LogP contribution in [-0.2, 0) is 9.59 Å². The summed E-state index contributed by atoms with van der Waals surface area (Å²) in [6.07, 6.45) is 2.32. The van der Waals surface area contributed by atoms with Gasteiger partial charge in [0.15, 0.2) is 0 Å². The third kappa shape index (κ3) is 4.89. The lowest BCUT2D eigenvalue weighted by molar-refractivity contribution is -0.126. The Hall–Kier alpha value is -1.99. The molecule has 1 aliphatic heterocycles. The summed E-state index contributed by atoms with van der Waals surface area (Å²) >= 11 is 1.65. The van der Waals surface area contributed by atoms with Crippen molar-refractivity contribution < 1.29 is 9.59 Å². The summed E-state index contributed by atoms with van der Waals surface area (Å²) in [6, 6.07) is 5.90. The number of hydrogen-bond acceptors (Lipinski definition) is 5. The van der Waals surface area contributed by atoms with Crippen molar-refractivity contribution in [1.82, 2.24) is 15.2 Å². The zero-order valence-electron chi connectivity index (χ0n) is 17.0. The SMILES string of the molecule is CCN(CC)CCCCNC(=O)C1CC(=O)N(c2ccc3sc(C)nc3c2)C1. The summed E-state index contributed by atoms with van der Waals surface area (Å²) in [5, 5.41) is 4.03. The minimum Gasteiger partial charge on any atom is -0.356 e. The number of thiazole rings is 1. The fraction of sp³-hybridized carbons (Fsp3) is 0.571. The van der Waals surface area contributed by atoms with E-state index in [0.717, 1.165) is 53.4 Å². The number of anilines is 1. The number of nitrogens with zero attached hydrogens (tertiary/aromatic N) is 3. The van der Waals surface area contributed by atoms with Crippen molar-refractivity contribution in [3.05, 3.63) is 23.2 Å². The first kappa shape index (κ1) is 20.7. The van der Waals surface area contributed by atoms with Crippen molar-refractivity contribution in [3.8, 4) is 0 Å². The molecule has 1 unspecified atom stereocenters. The molecule has 0 bridgehead atoms. The Morgan fingerprint density at radius 1 is 1.32 bits per heavy atom. The van der Waals surface area contributed by atoms with Gasteiger partial charge < -0.3 is 15.1 Å². The molecule has 1 N–H and O–H groups in total. The molecular weight excluding hydrogens is 372 g/mol. The molecule has 6 nitrogen and oxygen atoms in total. The van der Waals surface area contributed by atoms with Gasteiger partial charge in [-0.3, -0.25) is 9.59 Å². The van der Waals surface area contributed by atoms with E-state index >= 15 is 0 Å². The van der Waals surface area contributed by atoms with E-state index in [2.05, 4.69) is 29.0 Å². The molecule has 1 atom stereocenters. The number of unbranched alkanes of at least 4 members (excludes halogenated alkanes) is 1. The first-order valence-electron chi connectivity index (χ1n) is 10.2. The van der Waals surface area contributed by atoms with Gasteiger partial charge in [-0.25, -0.2) is 4.98 Å². The topological polar surface area (TPSA) is 65.5 Å². The van der Waals surface area contributed by atoms with Gasteiger partial charge in [-0.2, -0.15) is 0 Å². The van der Waals surface area contributed by atoms with Crippen molar-refractivity contribution in [3.63, 3.8) is 0 Å². The molecule has 0 radical (unpaired) electrons. The number of benzene rings is 1. The smallest absolute Gasteiger partial charge is 0.227 e. The number of fused-ring (bicyclic) bond motifs is 1. The highest BCUT2D eigenvalue weighted by Gasteiger charge is 2.35. The van der Waals surface area contributed by atoms with Crippen LogP contribution >= 0.6 is 11.3 Å². The van der Waals surface area contributed by atoms with Crippen LogP contribution in [0.3, 0.4) is 0 Å². The third-order valence-corrected chi connectivity index (χ3v) is 6.33. The molecule has 28 heavy (non-hydrogen) atoms. The van der Waals surface area contributed by atoms with Gasteiger partial charge in [-0.05, 0) is 57.6 Å². The van der Waals surface area contributed by atoms with Crippen LogP contribution in [0.15, 0.2) is 18.2 Å². The van der Waals surface area contributed by atoms with Crippen LogP contribution in [0.5, 0.6) is 0 Å². The summed E-state index contributed by atoms with van der Waals surface area (Å²) in [5.41, 5.74) is 1.74. The third-order valence-electron chi connectivity index (χ3n) is 5.38. The molecule has 1 aromatic heterocycles. The fourth-order valence-electron chi connectivity index (χ4n) is 3.69. The highest BCUT2D eigenvalue weighted by atomic mass is 32.1. The molecular formula is C21H30N4O2S. The minimum absolute atomic E-state index is 0.00739. The Morgan fingerprint density at radius 3 is 2.86 bits per heavy atom. The number of amides is 2. The van der Waals surface area contributed by atoms with Crippen LogP contribution in [-0.4, -0.2) is 54.4 Å². The second-order valence-electron chi connectivity index (χ2n) is 7.32. The molecule has 1 saturated heterocycles. The number of hydrogen-bond donors (Lipinski definition) is 1. The molecule has 2 heterocycles. The maximum Gasteiger partial charge on any atom is 0.227 e. The minimum atomic E-state index is -0.275. The highest BCUT2D eigenvalue weighted by Crippen LogP contribution is 2.30. The summed E-state index contributed by atoms with van der Waals surface area (Å²) in [5.74, 6) is -0.277. The number of rotatable bonds is 9. The quantitative estimate of drug-likeness (QED) is 0.654. The van der Waals surface area contributed by atoms with E-state index in [9.17, 15) is 9.59 Å². The lowest BCUT2D eigenvalue weighted by Crippen LogP contribution is -2.34. The Labute approximate surface area is 170 Å². The molecule has 0 saturated carbocycles. The second-order valence-corrected chi connectivity index (χ2v) is 8.55. The molecule has 2 amide bonds. The van der Waals surface area contributed by atoms with Crippen LogP contribution in [0.25, 0.3) is 10.2 Å². The molecule has 1 aromatic carbocycles. The lowest BCUT2D eigenvalue weighted by Gasteiger charge is -2.18. The van der Waals surface area contributed by atoms with E-state index in [0.29, 0.717) is 13.1 Å². The molecule has 1 aliphatic rings. The monoisotopic (exact) mass is 402 g/mol. The van der Waals surface area contributed by atoms with E-state index in [4.69, 9.17) is 0 Å². The maximum absolute atomic E-state index is 12.5. The maximum atomic E-state index is 12.5. The summed E-state index contributed by atoms with van der Waals surface area (Å²) in [6.45, 7) is 10.6. The Kier molecular flexibility index (Phi) is 7.02. The molecule has 2 aromatic rings. The van der Waals surface area contributed by atoms with E-state index in [1.807, 2.05) is 25.1 Å². The van der Waals surface area contributed by atoms with E-state index in [1.54, 1.807) is 16.2 Å². The second kappa shape index (κ2) is 9.47. The lowest BCUT2D eigenvalue weighted by atomic mass is 10.1. The standard InChI is InChI=1S/C21H30N4O2S/c1-4-24(5-2)11-7-6-10-22-21(27)16-12-20(26)25(14-16)17-8-9-19-18(13-17)23-15(3)28-19/h8-9,13,16H,4-7,10-12,14H2,1-3H3,(H,22,27). The Balaban J connectivity index is 1.49. The van der Waals surface area contributed by atoms with Gasteiger partial charge in [-0.1, -0.05) is 13.8 Å². The molecule has 7 heteroatoms. The zero-order chi connectivity index (χ0) is 20.1. The van der Waals surface area contributed by atoms with Crippen molar-refractivity contribution in [1.29, 1.82) is 0 Å². The molecule has 3 rings (SSSR count). The van der Waals surface area contributed by atoms with Gasteiger partial charge in [0.1, 0.15) is 0 Å². The van der Waals surface area contributed by atoms with Crippen molar-refractivity contribution in [2.75, 3.05) is 37.6 Å². The zero-order valence-corrected chi connectivity index (χ0v) is 17.8. The molecule has 1 fully saturated rings. The number of carbonyl (C=O) groups is 2. The largest absolute Gasteiger partial charge is 0.356 e. The van der Waals surface area contributed by atoms with Gasteiger partial charge in [0.2, 0.25) is 11.8 Å². The number of carbonyl (C=O) groups excluding carboxylic acids is 2. The van der Waals surface area contributed by atoms with Gasteiger partial charge >= 0.3 is 0 Å². The first-order valence-corrected chi connectivity index (χ1v) is 11.0. The van der Waals surface area contributed by atoms with Crippen molar-refractivity contribution in [2.24, 2.45) is 5.92 Å². The van der Waals surface area contributed by atoms with Crippen molar-refractivity contribution in [2.45, 2.75) is 40.0 Å². The van der Waals surface area contributed by atoms with E-state index < -0.39 is 0 Å². The number of aryl methyl sites for hydroxylation is 1. The number of nitrogens with one attached hydrogen (secondary N) is 1. The van der Waals surface area contributed by atoms with Gasteiger partial charge in [0.05, 0.1) is 21.1 Å². The van der Waals surface area contributed by atoms with Crippen molar-refractivity contribution >= 4 is 39.1 Å². The normalized spacial score (nSPS) is 17.1. The molecule has 152 valence electrons. The van der Waals surface area contributed by atoms with Crippen LogP contribution in [0, 0.1) is 12.8 Å². The van der Waals surface area contributed by atoms with Gasteiger partial charge in [-0.15, -0.1) is 11.3 Å². The fourth-order valence-corrected chi connectivity index (χ4v) is 4.50. The van der Waals surface area contributed by atoms with Gasteiger partial charge in [0.25, 0.3) is 0 Å². The van der Waals surface area contributed by atoms with E-state index in [-0.39, 0.29) is 24.2 Å². The predicted octanol–water partition coefficient (Wildman–Crippen LogP) is 3.20. The molecule has 0 aliphatic carbocycles. The average Bonchev–Trinajstić information content (AvgIpc) is 3.25. The van der Waals surface area contributed by atoms with Gasteiger partial charge in [0, 0.05) is 25.2 Å². The first-order chi connectivity index (χ1) is 13.5. The van der Waals surface area contributed by atoms with Crippen LogP contribution < -0.4 is 10.2 Å². The van der Waals surface area contributed by atoms with Crippen LogP contribution in [0.4, 0.5) is 5.69 Å². The van der Waals surface area contributed by atoms with Crippen LogP contribution in [0.2, 0.25) is 0 Å². The predicted molar refractivity (Wildman–Crippen MR) is 115 cm³/mol.